The Balaban J connectivity index is 2.25. The minimum atomic E-state index is -1.17. The van der Waals surface area contributed by atoms with Crippen molar-refractivity contribution in [2.24, 2.45) is 0 Å². The molecule has 0 heterocycles. The first-order valence-corrected chi connectivity index (χ1v) is 6.25. The van der Waals surface area contributed by atoms with Crippen LogP contribution in [0.5, 0.6) is 0 Å². The fraction of sp³-hybridized carbons (Fsp3) is 0.571. The standard InChI is InChI=1S/C14H18F2O2/c1-18-13-7-2-3-8-14(13,17)9-10-11(15)5-4-6-12(10)16/h4-6,13,17H,2-3,7-9H2,1H3. The average molecular weight is 256 g/mol. The van der Waals surface area contributed by atoms with Gasteiger partial charge in [-0.1, -0.05) is 18.9 Å². The molecule has 0 aliphatic heterocycles. The van der Waals surface area contributed by atoms with Crippen molar-refractivity contribution in [1.82, 2.24) is 0 Å². The molecule has 1 aliphatic carbocycles. The predicted molar refractivity (Wildman–Crippen MR) is 64.3 cm³/mol. The number of benzene rings is 1. The zero-order chi connectivity index (χ0) is 13.2. The molecule has 0 saturated heterocycles. The van der Waals surface area contributed by atoms with E-state index in [1.807, 2.05) is 0 Å². The SMILES string of the molecule is COC1CCCCC1(O)Cc1c(F)cccc1F. The Morgan fingerprint density at radius 1 is 1.33 bits per heavy atom. The highest BCUT2D eigenvalue weighted by Gasteiger charge is 2.40. The first kappa shape index (κ1) is 13.4. The van der Waals surface area contributed by atoms with E-state index in [2.05, 4.69) is 0 Å². The maximum absolute atomic E-state index is 13.6. The normalized spacial score (nSPS) is 28.3. The van der Waals surface area contributed by atoms with E-state index in [4.69, 9.17) is 4.74 Å². The van der Waals surface area contributed by atoms with E-state index >= 15 is 0 Å². The second-order valence-corrected chi connectivity index (χ2v) is 4.95. The highest BCUT2D eigenvalue weighted by molar-refractivity contribution is 5.22. The lowest BCUT2D eigenvalue weighted by molar-refractivity contribution is -0.116. The molecule has 2 unspecified atom stereocenters. The molecule has 1 aliphatic rings. The van der Waals surface area contributed by atoms with Gasteiger partial charge in [-0.05, 0) is 25.0 Å². The lowest BCUT2D eigenvalue weighted by Crippen LogP contribution is -2.48. The summed E-state index contributed by atoms with van der Waals surface area (Å²) in [4.78, 5) is 0. The summed E-state index contributed by atoms with van der Waals surface area (Å²) in [6.45, 7) is 0. The minimum Gasteiger partial charge on any atom is -0.387 e. The molecule has 2 nitrogen and oxygen atoms in total. The van der Waals surface area contributed by atoms with Crippen molar-refractivity contribution in [1.29, 1.82) is 0 Å². The second-order valence-electron chi connectivity index (χ2n) is 4.95. The van der Waals surface area contributed by atoms with E-state index in [0.717, 1.165) is 19.3 Å². The number of methoxy groups -OCH3 is 1. The number of hydrogen-bond acceptors (Lipinski definition) is 2. The fourth-order valence-corrected chi connectivity index (χ4v) is 2.74. The van der Waals surface area contributed by atoms with Gasteiger partial charge in [0.25, 0.3) is 0 Å². The third kappa shape index (κ3) is 2.54. The van der Waals surface area contributed by atoms with Crippen LogP contribution in [-0.2, 0) is 11.2 Å². The minimum absolute atomic E-state index is 0.0377. The van der Waals surface area contributed by atoms with Gasteiger partial charge in [-0.25, -0.2) is 8.78 Å². The van der Waals surface area contributed by atoms with Gasteiger partial charge in [-0.15, -0.1) is 0 Å². The largest absolute Gasteiger partial charge is 0.387 e. The molecule has 0 spiro atoms. The van der Waals surface area contributed by atoms with Crippen molar-refractivity contribution in [3.63, 3.8) is 0 Å². The quantitative estimate of drug-likeness (QED) is 0.901. The lowest BCUT2D eigenvalue weighted by atomic mass is 9.78. The number of ether oxygens (including phenoxy) is 1. The van der Waals surface area contributed by atoms with E-state index in [-0.39, 0.29) is 18.1 Å². The van der Waals surface area contributed by atoms with E-state index in [0.29, 0.717) is 6.42 Å². The van der Waals surface area contributed by atoms with Crippen LogP contribution in [0.3, 0.4) is 0 Å². The van der Waals surface area contributed by atoms with Crippen LogP contribution in [0.15, 0.2) is 18.2 Å². The summed E-state index contributed by atoms with van der Waals surface area (Å²) in [5.74, 6) is -1.22. The zero-order valence-electron chi connectivity index (χ0n) is 10.5. The second kappa shape index (κ2) is 5.33. The Hall–Kier alpha value is -1.00. The van der Waals surface area contributed by atoms with Crippen molar-refractivity contribution in [2.45, 2.75) is 43.8 Å². The van der Waals surface area contributed by atoms with E-state index in [9.17, 15) is 13.9 Å². The first-order valence-electron chi connectivity index (χ1n) is 6.25. The number of halogens is 2. The Morgan fingerprint density at radius 2 is 2.00 bits per heavy atom. The van der Waals surface area contributed by atoms with Crippen LogP contribution in [0.25, 0.3) is 0 Å². The molecule has 4 heteroatoms. The average Bonchev–Trinajstić information content (AvgIpc) is 2.35. The highest BCUT2D eigenvalue weighted by Crippen LogP contribution is 2.34. The fourth-order valence-electron chi connectivity index (χ4n) is 2.74. The van der Waals surface area contributed by atoms with Crippen LogP contribution < -0.4 is 0 Å². The predicted octanol–water partition coefficient (Wildman–Crippen LogP) is 2.83. The molecule has 1 aromatic rings. The summed E-state index contributed by atoms with van der Waals surface area (Å²) in [7, 11) is 1.53. The van der Waals surface area contributed by atoms with Crippen LogP contribution in [0.1, 0.15) is 31.2 Å². The van der Waals surface area contributed by atoms with E-state index in [1.165, 1.54) is 25.3 Å². The molecule has 1 N–H and O–H groups in total. The van der Waals surface area contributed by atoms with E-state index < -0.39 is 17.2 Å². The van der Waals surface area contributed by atoms with Crippen molar-refractivity contribution < 1.29 is 18.6 Å². The van der Waals surface area contributed by atoms with Gasteiger partial charge < -0.3 is 9.84 Å². The molecule has 2 atom stereocenters. The topological polar surface area (TPSA) is 29.5 Å². The maximum atomic E-state index is 13.6. The Bertz CT molecular complexity index is 402. The van der Waals surface area contributed by atoms with E-state index in [1.54, 1.807) is 0 Å². The van der Waals surface area contributed by atoms with Gasteiger partial charge in [0.05, 0.1) is 11.7 Å². The van der Waals surface area contributed by atoms with Gasteiger partial charge in [0, 0.05) is 19.1 Å². The highest BCUT2D eigenvalue weighted by atomic mass is 19.1. The van der Waals surface area contributed by atoms with Crippen LogP contribution in [-0.4, -0.2) is 23.9 Å². The number of rotatable bonds is 3. The van der Waals surface area contributed by atoms with Crippen molar-refractivity contribution in [3.05, 3.63) is 35.4 Å². The molecule has 18 heavy (non-hydrogen) atoms. The van der Waals surface area contributed by atoms with Crippen molar-refractivity contribution >= 4 is 0 Å². The third-order valence-electron chi connectivity index (χ3n) is 3.75. The molecule has 0 aromatic heterocycles. The number of aliphatic hydroxyl groups is 1. The van der Waals surface area contributed by atoms with Crippen molar-refractivity contribution in [3.8, 4) is 0 Å². The van der Waals surface area contributed by atoms with Crippen LogP contribution >= 0.6 is 0 Å². The molecule has 2 rings (SSSR count). The Labute approximate surface area is 106 Å². The molecule has 0 amide bonds. The van der Waals surface area contributed by atoms with Crippen molar-refractivity contribution in [2.75, 3.05) is 7.11 Å². The van der Waals surface area contributed by atoms with Crippen LogP contribution in [0.2, 0.25) is 0 Å². The molecule has 0 radical (unpaired) electrons. The van der Waals surface area contributed by atoms with Gasteiger partial charge in [0.2, 0.25) is 0 Å². The summed E-state index contributed by atoms with van der Waals surface area (Å²) in [5, 5.41) is 10.6. The molecule has 1 aromatic carbocycles. The Kier molecular flexibility index (Phi) is 3.97. The van der Waals surface area contributed by atoms with Gasteiger partial charge in [-0.3, -0.25) is 0 Å². The van der Waals surface area contributed by atoms with Gasteiger partial charge in [-0.2, -0.15) is 0 Å². The first-order chi connectivity index (χ1) is 8.57. The zero-order valence-corrected chi connectivity index (χ0v) is 10.5. The summed E-state index contributed by atoms with van der Waals surface area (Å²) in [6, 6.07) is 3.76. The van der Waals surface area contributed by atoms with Crippen LogP contribution in [0, 0.1) is 11.6 Å². The third-order valence-corrected chi connectivity index (χ3v) is 3.75. The lowest BCUT2D eigenvalue weighted by Gasteiger charge is -2.39. The summed E-state index contributed by atoms with van der Waals surface area (Å²) in [5.41, 5.74) is -1.22. The van der Waals surface area contributed by atoms with Gasteiger partial charge >= 0.3 is 0 Å². The molecule has 1 saturated carbocycles. The molecule has 1 fully saturated rings. The monoisotopic (exact) mass is 256 g/mol. The molecule has 0 bridgehead atoms. The summed E-state index contributed by atoms with van der Waals surface area (Å²) in [6.07, 6.45) is 2.67. The smallest absolute Gasteiger partial charge is 0.129 e. The van der Waals surface area contributed by atoms with Crippen LogP contribution in [0.4, 0.5) is 8.78 Å². The summed E-state index contributed by atoms with van der Waals surface area (Å²) < 4.78 is 32.5. The summed E-state index contributed by atoms with van der Waals surface area (Å²) >= 11 is 0. The maximum Gasteiger partial charge on any atom is 0.129 e. The number of hydrogen-bond donors (Lipinski definition) is 1. The molecule has 100 valence electrons. The van der Waals surface area contributed by atoms with Gasteiger partial charge in [0.1, 0.15) is 11.6 Å². The Morgan fingerprint density at radius 3 is 2.61 bits per heavy atom. The molecular formula is C14H18F2O2. The molecular weight excluding hydrogens is 238 g/mol. The van der Waals surface area contributed by atoms with Gasteiger partial charge in [0.15, 0.2) is 0 Å².